The average molecular weight is 487 g/mol. The Hall–Kier alpha value is -2.75. The first kappa shape index (κ1) is 23.4. The lowest BCUT2D eigenvalue weighted by Crippen LogP contribution is -2.36. The van der Waals surface area contributed by atoms with Crippen molar-refractivity contribution in [2.75, 3.05) is 6.54 Å². The Morgan fingerprint density at radius 2 is 2.09 bits per heavy atom. The molecule has 0 amide bonds. The molecule has 0 aliphatic carbocycles. The van der Waals surface area contributed by atoms with Crippen molar-refractivity contribution in [3.63, 3.8) is 0 Å². The topological polar surface area (TPSA) is 96.8 Å². The second-order valence-electron chi connectivity index (χ2n) is 8.13. The van der Waals surface area contributed by atoms with E-state index in [0.717, 1.165) is 21.6 Å². The molecule has 0 radical (unpaired) electrons. The van der Waals surface area contributed by atoms with E-state index in [0.29, 0.717) is 12.2 Å². The Morgan fingerprint density at radius 3 is 2.79 bits per heavy atom. The van der Waals surface area contributed by atoms with Crippen molar-refractivity contribution in [2.24, 2.45) is 0 Å². The highest BCUT2D eigenvalue weighted by molar-refractivity contribution is 7.89. The van der Waals surface area contributed by atoms with Crippen molar-refractivity contribution in [2.45, 2.75) is 50.2 Å². The summed E-state index contributed by atoms with van der Waals surface area (Å²) in [6, 6.07) is 12.5. The Labute approximate surface area is 197 Å². The molecule has 0 saturated carbocycles. The van der Waals surface area contributed by atoms with E-state index in [1.54, 1.807) is 36.0 Å². The molecule has 7 nitrogen and oxygen atoms in total. The summed E-state index contributed by atoms with van der Waals surface area (Å²) in [4.78, 5) is 16.7. The van der Waals surface area contributed by atoms with Crippen LogP contribution in [0.3, 0.4) is 0 Å². The highest BCUT2D eigenvalue weighted by Crippen LogP contribution is 2.35. The van der Waals surface area contributed by atoms with Gasteiger partial charge in [-0.05, 0) is 42.2 Å². The summed E-state index contributed by atoms with van der Waals surface area (Å²) >= 11 is 1.41. The molecule has 0 saturated heterocycles. The third-order valence-corrected chi connectivity index (χ3v) is 8.66. The van der Waals surface area contributed by atoms with Crippen molar-refractivity contribution in [3.8, 4) is 5.75 Å². The minimum absolute atomic E-state index is 0.0637. The predicted molar refractivity (Wildman–Crippen MR) is 126 cm³/mol. The highest BCUT2D eigenvalue weighted by atomic mass is 32.2. The van der Waals surface area contributed by atoms with E-state index in [2.05, 4.69) is 4.98 Å². The number of hydrogen-bond donors (Lipinski definition) is 1. The van der Waals surface area contributed by atoms with E-state index in [-0.39, 0.29) is 36.4 Å². The minimum Gasteiger partial charge on any atom is -0.488 e. The standard InChI is InChI=1S/C24H26N2O5S2/c1-3-19-14-26(33(29,30)23-7-5-4-6-21(23)31-19)13-18-10-17(9-8-16(18)2)20(11-24(27)28)22-12-25-15-32-22/h4-10,12,15,19-20H,3,11,13-14H2,1-2H3,(H,27,28)/t19-,20?/m1/s1. The smallest absolute Gasteiger partial charge is 0.304 e. The van der Waals surface area contributed by atoms with Gasteiger partial charge in [0, 0.05) is 23.5 Å². The number of aryl methyl sites for hydroxylation is 1. The largest absolute Gasteiger partial charge is 0.488 e. The number of carboxylic acids is 1. The zero-order valence-corrected chi connectivity index (χ0v) is 20.1. The monoisotopic (exact) mass is 486 g/mol. The molecule has 1 aliphatic heterocycles. The Kier molecular flexibility index (Phi) is 6.83. The van der Waals surface area contributed by atoms with Crippen LogP contribution in [0, 0.1) is 6.92 Å². The number of aromatic nitrogens is 1. The molecule has 1 aromatic heterocycles. The number of thiazole rings is 1. The number of fused-ring (bicyclic) bond motifs is 1. The van der Waals surface area contributed by atoms with Crippen LogP contribution in [0.15, 0.2) is 59.1 Å². The summed E-state index contributed by atoms with van der Waals surface area (Å²) in [6.07, 6.45) is 2.04. The molecule has 4 rings (SSSR count). The first-order valence-corrected chi connectivity index (χ1v) is 13.1. The van der Waals surface area contributed by atoms with Crippen LogP contribution < -0.4 is 4.74 Å². The number of aliphatic carboxylic acids is 1. The fraction of sp³-hybridized carbons (Fsp3) is 0.333. The molecule has 1 N–H and O–H groups in total. The quantitative estimate of drug-likeness (QED) is 0.531. The number of hydrogen-bond acceptors (Lipinski definition) is 6. The van der Waals surface area contributed by atoms with Gasteiger partial charge in [0.1, 0.15) is 16.7 Å². The number of carboxylic acid groups (broad SMARTS) is 1. The normalized spacial score (nSPS) is 18.7. The molecule has 2 atom stereocenters. The highest BCUT2D eigenvalue weighted by Gasteiger charge is 2.34. The molecule has 0 bridgehead atoms. The minimum atomic E-state index is -3.77. The molecule has 1 aliphatic rings. The van der Waals surface area contributed by atoms with E-state index in [1.807, 2.05) is 32.0 Å². The summed E-state index contributed by atoms with van der Waals surface area (Å²) in [5.41, 5.74) is 4.30. The fourth-order valence-corrected chi connectivity index (χ4v) is 6.35. The number of rotatable bonds is 7. The van der Waals surface area contributed by atoms with Crippen molar-refractivity contribution in [1.82, 2.24) is 9.29 Å². The lowest BCUT2D eigenvalue weighted by Gasteiger charge is -2.24. The number of nitrogens with zero attached hydrogens (tertiary/aromatic N) is 2. The van der Waals surface area contributed by atoms with E-state index in [4.69, 9.17) is 4.74 Å². The molecule has 0 spiro atoms. The second-order valence-corrected chi connectivity index (χ2v) is 11.0. The predicted octanol–water partition coefficient (Wildman–Crippen LogP) is 4.42. The zero-order chi connectivity index (χ0) is 23.6. The van der Waals surface area contributed by atoms with Gasteiger partial charge in [0.05, 0.1) is 18.5 Å². The van der Waals surface area contributed by atoms with Gasteiger partial charge in [-0.15, -0.1) is 11.3 Å². The molecular formula is C24H26N2O5S2. The van der Waals surface area contributed by atoms with Gasteiger partial charge in [0.25, 0.3) is 0 Å². The summed E-state index contributed by atoms with van der Waals surface area (Å²) in [5.74, 6) is -0.864. The first-order valence-electron chi connectivity index (χ1n) is 10.7. The van der Waals surface area contributed by atoms with Crippen molar-refractivity contribution < 1.29 is 23.1 Å². The zero-order valence-electron chi connectivity index (χ0n) is 18.5. The van der Waals surface area contributed by atoms with Crippen LogP contribution in [0.2, 0.25) is 0 Å². The van der Waals surface area contributed by atoms with Crippen LogP contribution in [0.5, 0.6) is 5.75 Å². The molecule has 9 heteroatoms. The van der Waals surface area contributed by atoms with Crippen LogP contribution in [0.1, 0.15) is 47.3 Å². The number of benzene rings is 2. The van der Waals surface area contributed by atoms with Gasteiger partial charge < -0.3 is 9.84 Å². The number of ether oxygens (including phenoxy) is 1. The maximum atomic E-state index is 13.5. The van der Waals surface area contributed by atoms with E-state index < -0.39 is 16.0 Å². The van der Waals surface area contributed by atoms with Crippen LogP contribution in [0.4, 0.5) is 0 Å². The molecule has 174 valence electrons. The summed E-state index contributed by atoms with van der Waals surface area (Å²) < 4.78 is 34.5. The van der Waals surface area contributed by atoms with Gasteiger partial charge in [-0.1, -0.05) is 37.3 Å². The number of para-hydroxylation sites is 1. The fourth-order valence-electron chi connectivity index (χ4n) is 4.03. The van der Waals surface area contributed by atoms with Crippen molar-refractivity contribution in [1.29, 1.82) is 0 Å². The molecule has 0 fully saturated rings. The Bertz CT molecular complexity index is 1240. The van der Waals surface area contributed by atoms with Crippen LogP contribution in [-0.4, -0.2) is 41.4 Å². The molecule has 1 unspecified atom stereocenters. The Balaban J connectivity index is 1.72. The second kappa shape index (κ2) is 9.62. The molecule has 33 heavy (non-hydrogen) atoms. The number of carbonyl (C=O) groups is 1. The maximum Gasteiger partial charge on any atom is 0.304 e. The van der Waals surface area contributed by atoms with Gasteiger partial charge in [-0.25, -0.2) is 8.42 Å². The molecule has 2 aromatic carbocycles. The van der Waals surface area contributed by atoms with Gasteiger partial charge in [0.2, 0.25) is 10.0 Å². The maximum absolute atomic E-state index is 13.5. The van der Waals surface area contributed by atoms with Crippen LogP contribution in [-0.2, 0) is 21.4 Å². The van der Waals surface area contributed by atoms with Gasteiger partial charge >= 0.3 is 5.97 Å². The van der Waals surface area contributed by atoms with Crippen molar-refractivity contribution >= 4 is 27.3 Å². The summed E-state index contributed by atoms with van der Waals surface area (Å²) in [7, 11) is -3.77. The Morgan fingerprint density at radius 1 is 1.30 bits per heavy atom. The van der Waals surface area contributed by atoms with E-state index >= 15 is 0 Å². The lowest BCUT2D eigenvalue weighted by atomic mass is 9.91. The molecular weight excluding hydrogens is 460 g/mol. The van der Waals surface area contributed by atoms with Gasteiger partial charge in [-0.2, -0.15) is 4.31 Å². The van der Waals surface area contributed by atoms with Crippen LogP contribution >= 0.6 is 11.3 Å². The van der Waals surface area contributed by atoms with E-state index in [9.17, 15) is 18.3 Å². The molecule has 2 heterocycles. The SMILES string of the molecule is CC[C@@H]1CN(Cc2cc(C(CC(=O)O)c3cncs3)ccc2C)S(=O)(=O)c2ccccc2O1. The summed E-state index contributed by atoms with van der Waals surface area (Å²) in [5, 5.41) is 9.46. The van der Waals surface area contributed by atoms with Crippen molar-refractivity contribution in [3.05, 3.63) is 75.7 Å². The summed E-state index contributed by atoms with van der Waals surface area (Å²) in [6.45, 7) is 4.33. The first-order chi connectivity index (χ1) is 15.8. The van der Waals surface area contributed by atoms with E-state index in [1.165, 1.54) is 15.6 Å². The van der Waals surface area contributed by atoms with Crippen LogP contribution in [0.25, 0.3) is 0 Å². The van der Waals surface area contributed by atoms with Gasteiger partial charge in [-0.3, -0.25) is 9.78 Å². The third-order valence-electron chi connectivity index (χ3n) is 5.92. The lowest BCUT2D eigenvalue weighted by molar-refractivity contribution is -0.137. The third kappa shape index (κ3) is 4.95. The van der Waals surface area contributed by atoms with Gasteiger partial charge in [0.15, 0.2) is 0 Å². The number of sulfonamides is 1. The average Bonchev–Trinajstić information content (AvgIpc) is 3.29. The molecule has 3 aromatic rings.